The van der Waals surface area contributed by atoms with Gasteiger partial charge in [0.2, 0.25) is 0 Å². The highest BCUT2D eigenvalue weighted by Gasteiger charge is 2.20. The summed E-state index contributed by atoms with van der Waals surface area (Å²) in [6.07, 6.45) is 3.04. The average molecular weight is 187 g/mol. The van der Waals surface area contributed by atoms with Crippen molar-refractivity contribution in [2.75, 3.05) is 0 Å². The third kappa shape index (κ3) is 1.21. The number of nitrogens with zero attached hydrogens (tertiary/aromatic N) is 3. The second kappa shape index (κ2) is 3.03. The molecule has 0 radical (unpaired) electrons. The highest BCUT2D eigenvalue weighted by atomic mass is 35.5. The van der Waals surface area contributed by atoms with E-state index in [1.807, 2.05) is 0 Å². The summed E-state index contributed by atoms with van der Waals surface area (Å²) >= 11 is 6.04. The van der Waals surface area contributed by atoms with E-state index in [9.17, 15) is 0 Å². The van der Waals surface area contributed by atoms with Crippen molar-refractivity contribution in [3.05, 3.63) is 11.6 Å². The minimum atomic E-state index is -0.0263. The van der Waals surface area contributed by atoms with Gasteiger partial charge in [-0.3, -0.25) is 0 Å². The van der Waals surface area contributed by atoms with Gasteiger partial charge in [0.05, 0.1) is 6.54 Å². The summed E-state index contributed by atoms with van der Waals surface area (Å²) in [4.78, 5) is 4.26. The molecule has 1 aliphatic heterocycles. The largest absolute Gasteiger partial charge is 0.324 e. The third-order valence-electron chi connectivity index (χ3n) is 2.04. The number of aromatic nitrogens is 3. The average Bonchev–Trinajstić information content (AvgIpc) is 2.49. The molecule has 1 aromatic rings. The SMILES string of the molecule is NCc1nc2n(n1)C(Cl)CCC2. The molecule has 1 atom stereocenters. The first-order valence-electron chi connectivity index (χ1n) is 4.09. The summed E-state index contributed by atoms with van der Waals surface area (Å²) in [6.45, 7) is 0.392. The van der Waals surface area contributed by atoms with Crippen LogP contribution in [0.1, 0.15) is 30.0 Å². The van der Waals surface area contributed by atoms with Crippen molar-refractivity contribution < 1.29 is 0 Å². The molecule has 1 aliphatic rings. The van der Waals surface area contributed by atoms with Crippen LogP contribution in [0.5, 0.6) is 0 Å². The van der Waals surface area contributed by atoms with Crippen LogP contribution in [0.4, 0.5) is 0 Å². The number of aryl methyl sites for hydroxylation is 1. The highest BCUT2D eigenvalue weighted by Crippen LogP contribution is 2.25. The minimum absolute atomic E-state index is 0.0263. The van der Waals surface area contributed by atoms with Crippen molar-refractivity contribution in [1.82, 2.24) is 14.8 Å². The highest BCUT2D eigenvalue weighted by molar-refractivity contribution is 6.19. The lowest BCUT2D eigenvalue weighted by molar-refractivity contribution is 0.459. The number of fused-ring (bicyclic) bond motifs is 1. The molecule has 5 heteroatoms. The molecule has 2 N–H and O–H groups in total. The summed E-state index contributed by atoms with van der Waals surface area (Å²) in [5.74, 6) is 1.67. The number of hydrogen-bond donors (Lipinski definition) is 1. The number of rotatable bonds is 1. The molecule has 0 amide bonds. The summed E-state index contributed by atoms with van der Waals surface area (Å²) in [5.41, 5.74) is 5.40. The standard InChI is InChI=1S/C7H11ClN4/c8-5-2-1-3-7-10-6(4-9)11-12(5)7/h5H,1-4,9H2. The topological polar surface area (TPSA) is 56.7 Å². The van der Waals surface area contributed by atoms with Gasteiger partial charge in [-0.15, -0.1) is 0 Å². The van der Waals surface area contributed by atoms with Crippen molar-refractivity contribution in [2.24, 2.45) is 5.73 Å². The lowest BCUT2D eigenvalue weighted by Gasteiger charge is -2.16. The van der Waals surface area contributed by atoms with Gasteiger partial charge in [-0.25, -0.2) is 9.67 Å². The number of nitrogens with two attached hydrogens (primary N) is 1. The molecule has 66 valence electrons. The zero-order valence-electron chi connectivity index (χ0n) is 6.70. The Balaban J connectivity index is 2.37. The van der Waals surface area contributed by atoms with Crippen LogP contribution in [0.15, 0.2) is 0 Å². The molecule has 1 unspecified atom stereocenters. The van der Waals surface area contributed by atoms with E-state index in [0.717, 1.165) is 25.1 Å². The first kappa shape index (κ1) is 8.01. The molecule has 2 rings (SSSR count). The molecule has 12 heavy (non-hydrogen) atoms. The van der Waals surface area contributed by atoms with Gasteiger partial charge in [0.1, 0.15) is 11.3 Å². The third-order valence-corrected chi connectivity index (χ3v) is 2.44. The van der Waals surface area contributed by atoms with Crippen LogP contribution >= 0.6 is 11.6 Å². The van der Waals surface area contributed by atoms with E-state index in [4.69, 9.17) is 17.3 Å². The van der Waals surface area contributed by atoms with Gasteiger partial charge in [-0.1, -0.05) is 11.6 Å². The van der Waals surface area contributed by atoms with Crippen molar-refractivity contribution in [3.63, 3.8) is 0 Å². The van der Waals surface area contributed by atoms with Gasteiger partial charge in [-0.2, -0.15) is 5.10 Å². The van der Waals surface area contributed by atoms with E-state index in [1.165, 1.54) is 0 Å². The molecule has 2 heterocycles. The molecule has 0 fully saturated rings. The molecule has 0 spiro atoms. The maximum Gasteiger partial charge on any atom is 0.164 e. The Bertz CT molecular complexity index is 283. The maximum atomic E-state index is 6.04. The first-order chi connectivity index (χ1) is 5.81. The van der Waals surface area contributed by atoms with Crippen LogP contribution in [0.2, 0.25) is 0 Å². The Kier molecular flexibility index (Phi) is 2.02. The molecule has 0 aliphatic carbocycles. The van der Waals surface area contributed by atoms with E-state index in [1.54, 1.807) is 4.68 Å². The lowest BCUT2D eigenvalue weighted by Crippen LogP contribution is -2.14. The summed E-state index contributed by atoms with van der Waals surface area (Å²) in [6, 6.07) is 0. The number of alkyl halides is 1. The molecule has 0 saturated carbocycles. The molecule has 4 nitrogen and oxygen atoms in total. The Hall–Kier alpha value is -0.610. The zero-order valence-corrected chi connectivity index (χ0v) is 7.46. The molecular formula is C7H11ClN4. The second-order valence-corrected chi connectivity index (χ2v) is 3.42. The van der Waals surface area contributed by atoms with Gasteiger partial charge in [0, 0.05) is 6.42 Å². The fourth-order valence-corrected chi connectivity index (χ4v) is 1.75. The van der Waals surface area contributed by atoms with E-state index in [2.05, 4.69) is 10.1 Å². The van der Waals surface area contributed by atoms with Crippen molar-refractivity contribution in [2.45, 2.75) is 31.3 Å². The summed E-state index contributed by atoms with van der Waals surface area (Å²) in [7, 11) is 0. The zero-order chi connectivity index (χ0) is 8.55. The van der Waals surface area contributed by atoms with Gasteiger partial charge in [-0.05, 0) is 12.8 Å². The van der Waals surface area contributed by atoms with E-state index in [-0.39, 0.29) is 5.50 Å². The van der Waals surface area contributed by atoms with Crippen LogP contribution in [0.3, 0.4) is 0 Å². The number of hydrogen-bond acceptors (Lipinski definition) is 3. The normalized spacial score (nSPS) is 22.3. The Morgan fingerprint density at radius 2 is 2.50 bits per heavy atom. The van der Waals surface area contributed by atoms with E-state index in [0.29, 0.717) is 12.4 Å². The molecular weight excluding hydrogens is 176 g/mol. The van der Waals surface area contributed by atoms with Crippen molar-refractivity contribution in [3.8, 4) is 0 Å². The Morgan fingerprint density at radius 1 is 1.67 bits per heavy atom. The monoisotopic (exact) mass is 186 g/mol. The lowest BCUT2D eigenvalue weighted by atomic mass is 10.2. The maximum absolute atomic E-state index is 6.04. The first-order valence-corrected chi connectivity index (χ1v) is 4.53. The summed E-state index contributed by atoms with van der Waals surface area (Å²) in [5, 5.41) is 4.20. The minimum Gasteiger partial charge on any atom is -0.324 e. The van der Waals surface area contributed by atoms with Gasteiger partial charge >= 0.3 is 0 Å². The Labute approximate surface area is 75.7 Å². The quantitative estimate of drug-likeness (QED) is 0.661. The van der Waals surface area contributed by atoms with E-state index >= 15 is 0 Å². The van der Waals surface area contributed by atoms with Gasteiger partial charge in [0.25, 0.3) is 0 Å². The summed E-state index contributed by atoms with van der Waals surface area (Å²) < 4.78 is 1.78. The van der Waals surface area contributed by atoms with Crippen molar-refractivity contribution in [1.29, 1.82) is 0 Å². The van der Waals surface area contributed by atoms with Gasteiger partial charge in [0.15, 0.2) is 5.82 Å². The number of halogens is 1. The van der Waals surface area contributed by atoms with Crippen LogP contribution < -0.4 is 5.73 Å². The molecule has 0 saturated heterocycles. The molecule has 1 aromatic heterocycles. The predicted octanol–water partition coefficient (Wildman–Crippen LogP) is 0.810. The van der Waals surface area contributed by atoms with E-state index < -0.39 is 0 Å². The fourth-order valence-electron chi connectivity index (χ4n) is 1.44. The predicted molar refractivity (Wildman–Crippen MR) is 45.7 cm³/mol. The smallest absolute Gasteiger partial charge is 0.164 e. The fraction of sp³-hybridized carbons (Fsp3) is 0.714. The Morgan fingerprint density at radius 3 is 3.17 bits per heavy atom. The molecule has 0 aromatic carbocycles. The second-order valence-electron chi connectivity index (χ2n) is 2.92. The van der Waals surface area contributed by atoms with Crippen LogP contribution in [0, 0.1) is 0 Å². The van der Waals surface area contributed by atoms with Crippen LogP contribution in [-0.2, 0) is 13.0 Å². The van der Waals surface area contributed by atoms with Crippen LogP contribution in [0.25, 0.3) is 0 Å². The van der Waals surface area contributed by atoms with Crippen molar-refractivity contribution >= 4 is 11.6 Å². The van der Waals surface area contributed by atoms with Gasteiger partial charge < -0.3 is 5.73 Å². The molecule has 0 bridgehead atoms. The van der Waals surface area contributed by atoms with Crippen LogP contribution in [-0.4, -0.2) is 14.8 Å².